The highest BCUT2D eigenvalue weighted by Gasteiger charge is 2.13. The fraction of sp³-hybridized carbons (Fsp3) is 0.133. The third-order valence-electron chi connectivity index (χ3n) is 3.39. The number of benzene rings is 2. The highest BCUT2D eigenvalue weighted by Crippen LogP contribution is 2.28. The normalized spacial score (nSPS) is 11.3. The molecule has 0 fully saturated rings. The van der Waals surface area contributed by atoms with Gasteiger partial charge in [0.05, 0.1) is 5.52 Å². The highest BCUT2D eigenvalue weighted by atomic mass is 79.9. The van der Waals surface area contributed by atoms with Gasteiger partial charge in [-0.05, 0) is 49.3 Å². The van der Waals surface area contributed by atoms with Crippen molar-refractivity contribution < 1.29 is 8.78 Å². The molecule has 0 saturated heterocycles. The van der Waals surface area contributed by atoms with Crippen molar-refractivity contribution in [2.24, 2.45) is 0 Å². The Hall–Kier alpha value is -1.53. The lowest BCUT2D eigenvalue weighted by molar-refractivity contribution is 0.590. The van der Waals surface area contributed by atoms with Crippen LogP contribution in [-0.2, 0) is 0 Å². The molecule has 1 N–H and O–H groups in total. The van der Waals surface area contributed by atoms with Crippen LogP contribution < -0.4 is 0 Å². The van der Waals surface area contributed by atoms with Crippen molar-refractivity contribution in [2.45, 2.75) is 13.8 Å². The molecule has 3 aromatic rings. The number of halogens is 3. The zero-order valence-electron chi connectivity index (χ0n) is 11.3. The van der Waals surface area contributed by atoms with Gasteiger partial charge >= 0.3 is 0 Å². The number of aryl methyl sites for hydroxylation is 2. The molecule has 1 aromatic heterocycles. The molecule has 3 rings (SSSR count). The van der Waals surface area contributed by atoms with E-state index in [1.165, 1.54) is 6.07 Å². The molecule has 0 bridgehead atoms. The molecule has 0 aliphatic carbocycles. The summed E-state index contributed by atoms with van der Waals surface area (Å²) < 4.78 is 30.3. The highest BCUT2D eigenvalue weighted by molar-refractivity contribution is 9.10. The fourth-order valence-electron chi connectivity index (χ4n) is 2.44. The number of nitrogens with one attached hydrogen (secondary N) is 1. The lowest BCUT2D eigenvalue weighted by atomic mass is 10.1. The van der Waals surface area contributed by atoms with Gasteiger partial charge in [-0.15, -0.1) is 0 Å². The molecule has 0 saturated carbocycles. The molecular formula is C15H11BrF2N2S. The SMILES string of the molecule is Cc1cc(-n2c(=S)[nH]c3c(F)cc(F)cc32)cc(C)c1Br. The predicted molar refractivity (Wildman–Crippen MR) is 85.5 cm³/mol. The van der Waals surface area contributed by atoms with Crippen LogP contribution in [0.25, 0.3) is 16.7 Å². The van der Waals surface area contributed by atoms with Crippen molar-refractivity contribution in [2.75, 3.05) is 0 Å². The van der Waals surface area contributed by atoms with Crippen molar-refractivity contribution in [3.8, 4) is 5.69 Å². The van der Waals surface area contributed by atoms with Gasteiger partial charge in [-0.3, -0.25) is 4.57 Å². The van der Waals surface area contributed by atoms with Crippen LogP contribution in [0.15, 0.2) is 28.7 Å². The first-order valence-corrected chi connectivity index (χ1v) is 7.45. The quantitative estimate of drug-likeness (QED) is 0.574. The van der Waals surface area contributed by atoms with Gasteiger partial charge in [-0.25, -0.2) is 8.78 Å². The number of fused-ring (bicyclic) bond motifs is 1. The van der Waals surface area contributed by atoms with Crippen LogP contribution in [0.5, 0.6) is 0 Å². The molecule has 0 aliphatic rings. The fourth-order valence-corrected chi connectivity index (χ4v) is 2.98. The summed E-state index contributed by atoms with van der Waals surface area (Å²) in [4.78, 5) is 2.80. The van der Waals surface area contributed by atoms with Crippen LogP contribution in [0.1, 0.15) is 11.1 Å². The minimum absolute atomic E-state index is 0.208. The molecule has 0 aliphatic heterocycles. The molecule has 0 spiro atoms. The summed E-state index contributed by atoms with van der Waals surface area (Å²) in [5, 5.41) is 0. The topological polar surface area (TPSA) is 20.7 Å². The Morgan fingerprint density at radius 1 is 1.10 bits per heavy atom. The van der Waals surface area contributed by atoms with Crippen LogP contribution in [0.4, 0.5) is 8.78 Å². The number of aromatic nitrogens is 2. The van der Waals surface area contributed by atoms with E-state index in [-0.39, 0.29) is 5.52 Å². The third-order valence-corrected chi connectivity index (χ3v) is 4.92. The average molecular weight is 369 g/mol. The number of hydrogen-bond acceptors (Lipinski definition) is 1. The van der Waals surface area contributed by atoms with Crippen LogP contribution >= 0.6 is 28.1 Å². The van der Waals surface area contributed by atoms with E-state index in [1.807, 2.05) is 26.0 Å². The standard InChI is InChI=1S/C15H11BrF2N2S/c1-7-3-10(4-8(2)13(7)16)20-12-6-9(17)5-11(18)14(12)19-15(20)21/h3-6H,1-2H3,(H,19,21). The zero-order valence-corrected chi connectivity index (χ0v) is 13.7. The second-order valence-corrected chi connectivity index (χ2v) is 6.12. The summed E-state index contributed by atoms with van der Waals surface area (Å²) in [6, 6.07) is 5.96. The van der Waals surface area contributed by atoms with Crippen molar-refractivity contribution in [3.05, 3.63) is 56.3 Å². The summed E-state index contributed by atoms with van der Waals surface area (Å²) in [5.41, 5.74) is 3.42. The summed E-state index contributed by atoms with van der Waals surface area (Å²) in [6.07, 6.45) is 0. The van der Waals surface area contributed by atoms with Crippen LogP contribution in [0.2, 0.25) is 0 Å². The van der Waals surface area contributed by atoms with E-state index in [9.17, 15) is 8.78 Å². The van der Waals surface area contributed by atoms with Gasteiger partial charge in [0.1, 0.15) is 11.3 Å². The van der Waals surface area contributed by atoms with Crippen molar-refractivity contribution in [1.29, 1.82) is 0 Å². The maximum Gasteiger partial charge on any atom is 0.182 e. The molecule has 0 amide bonds. The monoisotopic (exact) mass is 368 g/mol. The zero-order chi connectivity index (χ0) is 15.3. The summed E-state index contributed by atoms with van der Waals surface area (Å²) in [6.45, 7) is 3.92. The van der Waals surface area contributed by atoms with Crippen LogP contribution in [0, 0.1) is 30.3 Å². The number of rotatable bonds is 1. The number of imidazole rings is 1. The third kappa shape index (κ3) is 2.32. The van der Waals surface area contributed by atoms with E-state index in [1.54, 1.807) is 4.57 Å². The van der Waals surface area contributed by atoms with E-state index in [2.05, 4.69) is 20.9 Å². The second kappa shape index (κ2) is 5.03. The van der Waals surface area contributed by atoms with E-state index in [4.69, 9.17) is 12.2 Å². The smallest absolute Gasteiger partial charge is 0.182 e. The van der Waals surface area contributed by atoms with Gasteiger partial charge in [0.2, 0.25) is 0 Å². The minimum Gasteiger partial charge on any atom is -0.328 e. The molecule has 2 aromatic carbocycles. The Labute approximate surface area is 133 Å². The number of nitrogens with zero attached hydrogens (tertiary/aromatic N) is 1. The first-order valence-electron chi connectivity index (χ1n) is 6.25. The molecule has 1 heterocycles. The molecule has 0 radical (unpaired) electrons. The Morgan fingerprint density at radius 2 is 1.71 bits per heavy atom. The lowest BCUT2D eigenvalue weighted by Gasteiger charge is -2.10. The number of hydrogen-bond donors (Lipinski definition) is 1. The molecule has 0 atom stereocenters. The van der Waals surface area contributed by atoms with Gasteiger partial charge in [-0.2, -0.15) is 0 Å². The molecular weight excluding hydrogens is 358 g/mol. The van der Waals surface area contributed by atoms with Gasteiger partial charge in [0, 0.05) is 22.3 Å². The summed E-state index contributed by atoms with van der Waals surface area (Å²) >= 11 is 8.77. The molecule has 21 heavy (non-hydrogen) atoms. The molecule has 0 unspecified atom stereocenters. The lowest BCUT2D eigenvalue weighted by Crippen LogP contribution is -1.97. The Balaban J connectivity index is 2.40. The molecule has 108 valence electrons. The van der Waals surface area contributed by atoms with E-state index < -0.39 is 11.6 Å². The molecule has 6 heteroatoms. The van der Waals surface area contributed by atoms with Gasteiger partial charge in [0.15, 0.2) is 10.6 Å². The summed E-state index contributed by atoms with van der Waals surface area (Å²) in [5.74, 6) is -1.28. The largest absolute Gasteiger partial charge is 0.328 e. The number of H-pyrrole nitrogens is 1. The van der Waals surface area contributed by atoms with Crippen molar-refractivity contribution >= 4 is 39.2 Å². The second-order valence-electron chi connectivity index (χ2n) is 4.94. The first-order chi connectivity index (χ1) is 9.88. The Morgan fingerprint density at radius 3 is 2.33 bits per heavy atom. The summed E-state index contributed by atoms with van der Waals surface area (Å²) in [7, 11) is 0. The Kier molecular flexibility index (Phi) is 3.45. The van der Waals surface area contributed by atoms with Gasteiger partial charge in [0.25, 0.3) is 0 Å². The minimum atomic E-state index is -0.652. The van der Waals surface area contributed by atoms with E-state index in [0.29, 0.717) is 10.3 Å². The van der Waals surface area contributed by atoms with E-state index in [0.717, 1.165) is 27.4 Å². The maximum atomic E-state index is 13.8. The number of aromatic amines is 1. The Bertz CT molecular complexity index is 904. The molecule has 2 nitrogen and oxygen atoms in total. The van der Waals surface area contributed by atoms with Crippen molar-refractivity contribution in [1.82, 2.24) is 9.55 Å². The first kappa shape index (κ1) is 14.4. The van der Waals surface area contributed by atoms with Crippen LogP contribution in [-0.4, -0.2) is 9.55 Å². The van der Waals surface area contributed by atoms with Gasteiger partial charge < -0.3 is 4.98 Å². The predicted octanol–water partition coefficient (Wildman–Crippen LogP) is 5.35. The average Bonchev–Trinajstić information content (AvgIpc) is 2.72. The van der Waals surface area contributed by atoms with Crippen molar-refractivity contribution in [3.63, 3.8) is 0 Å². The van der Waals surface area contributed by atoms with E-state index >= 15 is 0 Å². The van der Waals surface area contributed by atoms with Crippen LogP contribution in [0.3, 0.4) is 0 Å². The van der Waals surface area contributed by atoms with Gasteiger partial charge in [-0.1, -0.05) is 15.9 Å². The maximum absolute atomic E-state index is 13.8.